The van der Waals surface area contributed by atoms with Crippen molar-refractivity contribution in [2.24, 2.45) is 0 Å². The van der Waals surface area contributed by atoms with Gasteiger partial charge in [-0.05, 0) is 48.5 Å². The SMILES string of the molecule is COc1ccc(OCCn2c(CNC(=O)c3cc(OC)c(OC)c(OC)c3)nc3ccccc32)cc1. The molecular weight excluding hydrogens is 462 g/mol. The minimum atomic E-state index is -0.289. The molecule has 1 aromatic heterocycles. The molecule has 0 spiro atoms. The Labute approximate surface area is 209 Å². The lowest BCUT2D eigenvalue weighted by molar-refractivity contribution is 0.0948. The number of rotatable bonds is 11. The summed E-state index contributed by atoms with van der Waals surface area (Å²) >= 11 is 0. The fourth-order valence-corrected chi connectivity index (χ4v) is 3.91. The second-order valence-electron chi connectivity index (χ2n) is 7.79. The number of ether oxygens (including phenoxy) is 5. The topological polar surface area (TPSA) is 93.1 Å². The van der Waals surface area contributed by atoms with Crippen molar-refractivity contribution in [1.82, 2.24) is 14.9 Å². The van der Waals surface area contributed by atoms with Crippen LogP contribution in [0.1, 0.15) is 16.2 Å². The van der Waals surface area contributed by atoms with Crippen molar-refractivity contribution in [3.05, 3.63) is 72.1 Å². The summed E-state index contributed by atoms with van der Waals surface area (Å²) in [4.78, 5) is 17.7. The third kappa shape index (κ3) is 5.30. The van der Waals surface area contributed by atoms with E-state index >= 15 is 0 Å². The number of hydrogen-bond acceptors (Lipinski definition) is 7. The zero-order valence-corrected chi connectivity index (χ0v) is 20.7. The van der Waals surface area contributed by atoms with Crippen molar-refractivity contribution < 1.29 is 28.5 Å². The summed E-state index contributed by atoms with van der Waals surface area (Å²) in [5.74, 6) is 3.19. The molecule has 0 aliphatic rings. The van der Waals surface area contributed by atoms with Gasteiger partial charge in [-0.3, -0.25) is 4.79 Å². The van der Waals surface area contributed by atoms with Crippen LogP contribution in [-0.4, -0.2) is 50.5 Å². The van der Waals surface area contributed by atoms with E-state index in [0.29, 0.717) is 36.0 Å². The average molecular weight is 492 g/mol. The van der Waals surface area contributed by atoms with E-state index in [9.17, 15) is 4.79 Å². The van der Waals surface area contributed by atoms with Crippen molar-refractivity contribution in [2.45, 2.75) is 13.1 Å². The average Bonchev–Trinajstić information content (AvgIpc) is 3.28. The summed E-state index contributed by atoms with van der Waals surface area (Å²) in [6.45, 7) is 1.22. The Hall–Kier alpha value is -4.40. The summed E-state index contributed by atoms with van der Waals surface area (Å²) < 4.78 is 29.2. The molecule has 0 atom stereocenters. The number of methoxy groups -OCH3 is 4. The normalized spacial score (nSPS) is 10.7. The van der Waals surface area contributed by atoms with Gasteiger partial charge in [-0.2, -0.15) is 0 Å². The molecule has 0 radical (unpaired) electrons. The first kappa shape index (κ1) is 24.7. The molecule has 0 aliphatic heterocycles. The van der Waals surface area contributed by atoms with Crippen LogP contribution in [-0.2, 0) is 13.1 Å². The fraction of sp³-hybridized carbons (Fsp3) is 0.259. The molecule has 9 nitrogen and oxygen atoms in total. The van der Waals surface area contributed by atoms with E-state index in [-0.39, 0.29) is 12.5 Å². The fourth-order valence-electron chi connectivity index (χ4n) is 3.91. The second kappa shape index (κ2) is 11.4. The number of nitrogens with zero attached hydrogens (tertiary/aromatic N) is 2. The summed E-state index contributed by atoms with van der Waals surface area (Å²) in [7, 11) is 6.16. The van der Waals surface area contributed by atoms with E-state index < -0.39 is 0 Å². The van der Waals surface area contributed by atoms with Gasteiger partial charge in [-0.25, -0.2) is 4.98 Å². The summed E-state index contributed by atoms with van der Waals surface area (Å²) in [6, 6.07) is 18.5. The number of amides is 1. The van der Waals surface area contributed by atoms with E-state index in [4.69, 9.17) is 28.7 Å². The molecule has 1 heterocycles. The quantitative estimate of drug-likeness (QED) is 0.338. The van der Waals surface area contributed by atoms with Crippen molar-refractivity contribution in [2.75, 3.05) is 35.0 Å². The van der Waals surface area contributed by atoms with Gasteiger partial charge in [0, 0.05) is 5.56 Å². The molecule has 0 fully saturated rings. The van der Waals surface area contributed by atoms with Crippen molar-refractivity contribution in [3.8, 4) is 28.7 Å². The highest BCUT2D eigenvalue weighted by molar-refractivity contribution is 5.95. The Balaban J connectivity index is 1.49. The summed E-state index contributed by atoms with van der Waals surface area (Å²) in [5, 5.41) is 2.95. The van der Waals surface area contributed by atoms with Crippen LogP contribution in [0.15, 0.2) is 60.7 Å². The van der Waals surface area contributed by atoms with Gasteiger partial charge in [0.1, 0.15) is 23.9 Å². The van der Waals surface area contributed by atoms with E-state index in [1.54, 1.807) is 19.2 Å². The maximum absolute atomic E-state index is 13.0. The van der Waals surface area contributed by atoms with Crippen LogP contribution in [0.2, 0.25) is 0 Å². The van der Waals surface area contributed by atoms with Gasteiger partial charge in [-0.1, -0.05) is 12.1 Å². The van der Waals surface area contributed by atoms with Gasteiger partial charge in [0.2, 0.25) is 5.75 Å². The molecule has 188 valence electrons. The number of carbonyl (C=O) groups is 1. The number of para-hydroxylation sites is 2. The molecule has 9 heteroatoms. The minimum Gasteiger partial charge on any atom is -0.497 e. The van der Waals surface area contributed by atoms with E-state index in [0.717, 1.165) is 28.4 Å². The van der Waals surface area contributed by atoms with Crippen LogP contribution in [0.3, 0.4) is 0 Å². The number of benzene rings is 3. The number of fused-ring (bicyclic) bond motifs is 1. The van der Waals surface area contributed by atoms with Gasteiger partial charge in [0.15, 0.2) is 11.5 Å². The van der Waals surface area contributed by atoms with Gasteiger partial charge < -0.3 is 33.6 Å². The predicted octanol–water partition coefficient (Wildman–Crippen LogP) is 4.08. The third-order valence-corrected chi connectivity index (χ3v) is 5.71. The number of hydrogen-bond donors (Lipinski definition) is 1. The van der Waals surface area contributed by atoms with Crippen molar-refractivity contribution in [1.29, 1.82) is 0 Å². The molecule has 0 bridgehead atoms. The number of nitrogens with one attached hydrogen (secondary N) is 1. The molecule has 0 saturated heterocycles. The standard InChI is InChI=1S/C27H29N3O6/c1-32-19-9-11-20(12-10-19)36-14-13-30-22-8-6-5-7-21(22)29-25(30)17-28-27(31)18-15-23(33-2)26(35-4)24(16-18)34-3/h5-12,15-16H,13-14,17H2,1-4H3,(H,28,31). The van der Waals surface area contributed by atoms with Crippen LogP contribution in [0.4, 0.5) is 0 Å². The maximum atomic E-state index is 13.0. The number of imidazole rings is 1. The molecule has 36 heavy (non-hydrogen) atoms. The molecule has 0 unspecified atom stereocenters. The monoisotopic (exact) mass is 491 g/mol. The lowest BCUT2D eigenvalue weighted by atomic mass is 10.1. The third-order valence-electron chi connectivity index (χ3n) is 5.71. The number of aromatic nitrogens is 2. The maximum Gasteiger partial charge on any atom is 0.251 e. The highest BCUT2D eigenvalue weighted by atomic mass is 16.5. The van der Waals surface area contributed by atoms with E-state index in [1.165, 1.54) is 21.3 Å². The van der Waals surface area contributed by atoms with E-state index in [2.05, 4.69) is 5.32 Å². The highest BCUT2D eigenvalue weighted by Crippen LogP contribution is 2.38. The Morgan fingerprint density at radius 1 is 0.861 bits per heavy atom. The highest BCUT2D eigenvalue weighted by Gasteiger charge is 2.18. The summed E-state index contributed by atoms with van der Waals surface area (Å²) in [6.07, 6.45) is 0. The number of carbonyl (C=O) groups excluding carboxylic acids is 1. The van der Waals surface area contributed by atoms with Crippen LogP contribution >= 0.6 is 0 Å². The first-order chi connectivity index (χ1) is 17.6. The smallest absolute Gasteiger partial charge is 0.251 e. The van der Waals surface area contributed by atoms with Gasteiger partial charge in [-0.15, -0.1) is 0 Å². The molecule has 4 aromatic rings. The Kier molecular flexibility index (Phi) is 7.79. The molecule has 0 saturated carbocycles. The van der Waals surface area contributed by atoms with Gasteiger partial charge >= 0.3 is 0 Å². The van der Waals surface area contributed by atoms with Crippen molar-refractivity contribution >= 4 is 16.9 Å². The first-order valence-corrected chi connectivity index (χ1v) is 11.4. The Bertz CT molecular complexity index is 1310. The molecule has 4 rings (SSSR count). The van der Waals surface area contributed by atoms with Crippen LogP contribution in [0.5, 0.6) is 28.7 Å². The zero-order chi connectivity index (χ0) is 25.5. The van der Waals surface area contributed by atoms with Crippen LogP contribution in [0.25, 0.3) is 11.0 Å². The minimum absolute atomic E-state index is 0.229. The summed E-state index contributed by atoms with van der Waals surface area (Å²) in [5.41, 5.74) is 2.20. The molecular formula is C27H29N3O6. The predicted molar refractivity (Wildman–Crippen MR) is 135 cm³/mol. The molecule has 0 aliphatic carbocycles. The second-order valence-corrected chi connectivity index (χ2v) is 7.79. The van der Waals surface area contributed by atoms with Crippen LogP contribution in [0, 0.1) is 0 Å². The Morgan fingerprint density at radius 3 is 2.17 bits per heavy atom. The molecule has 1 N–H and O–H groups in total. The largest absolute Gasteiger partial charge is 0.497 e. The van der Waals surface area contributed by atoms with Gasteiger partial charge in [0.05, 0.1) is 52.6 Å². The lowest BCUT2D eigenvalue weighted by Gasteiger charge is -2.14. The van der Waals surface area contributed by atoms with Crippen molar-refractivity contribution in [3.63, 3.8) is 0 Å². The Morgan fingerprint density at radius 2 is 1.53 bits per heavy atom. The van der Waals surface area contributed by atoms with Gasteiger partial charge in [0.25, 0.3) is 5.91 Å². The first-order valence-electron chi connectivity index (χ1n) is 11.4. The molecule has 1 amide bonds. The van der Waals surface area contributed by atoms with E-state index in [1.807, 2.05) is 53.1 Å². The zero-order valence-electron chi connectivity index (χ0n) is 20.7. The van der Waals surface area contributed by atoms with Crippen LogP contribution < -0.4 is 29.0 Å². The molecule has 3 aromatic carbocycles. The lowest BCUT2D eigenvalue weighted by Crippen LogP contribution is -2.25.